The summed E-state index contributed by atoms with van der Waals surface area (Å²) in [5.74, 6) is 0. The van der Waals surface area contributed by atoms with Crippen molar-refractivity contribution < 1.29 is 0 Å². The Balaban J connectivity index is 2.34. The Bertz CT molecular complexity index is 1410. The lowest BCUT2D eigenvalue weighted by Crippen LogP contribution is -2.04. The Morgan fingerprint density at radius 3 is 0.398 bits per heavy atom. The highest BCUT2D eigenvalue weighted by Gasteiger charge is 2.13. The second-order valence-electron chi connectivity index (χ2n) is 31.9. The number of benzene rings is 1. The van der Waals surface area contributed by atoms with Crippen LogP contribution < -0.4 is 0 Å². The Morgan fingerprint density at radius 2 is 0.258 bits per heavy atom. The summed E-state index contributed by atoms with van der Waals surface area (Å²) >= 11 is 0. The van der Waals surface area contributed by atoms with E-state index in [4.69, 9.17) is 0 Å². The van der Waals surface area contributed by atoms with Crippen molar-refractivity contribution in [3.63, 3.8) is 0 Å². The fourth-order valence-electron chi connectivity index (χ4n) is 16.0. The van der Waals surface area contributed by atoms with E-state index >= 15 is 0 Å². The fourth-order valence-corrected chi connectivity index (χ4v) is 16.0. The first-order chi connectivity index (χ1) is 46.3. The summed E-state index contributed by atoms with van der Waals surface area (Å²) in [6.45, 7) is 9.37. The van der Waals surface area contributed by atoms with Crippen LogP contribution in [0.15, 0.2) is 12.1 Å². The summed E-state index contributed by atoms with van der Waals surface area (Å²) < 4.78 is 0. The molecule has 0 unspecified atom stereocenters. The molecule has 1 aromatic rings. The molecule has 1 aromatic carbocycles. The van der Waals surface area contributed by atoms with Crippen molar-refractivity contribution in [2.75, 3.05) is 0 Å². The van der Waals surface area contributed by atoms with Crippen molar-refractivity contribution in [1.82, 2.24) is 0 Å². The normalized spacial score (nSPS) is 11.8. The Hall–Kier alpha value is -0.780. The van der Waals surface area contributed by atoms with E-state index in [0.29, 0.717) is 0 Å². The maximum Gasteiger partial charge on any atom is -0.0273 e. The SMILES string of the molecule is CCCCCCCCCCCCCCCCCCCCCCCCCCCCc1cc(CCC)cc(CCCCCCCCCCCCCCCCCCCCCCCCCCCC)c1CCCCCCCCCCCCCCCCCCCCCCCCCCCC. The largest absolute Gasteiger partial charge is 0.0654 e. The van der Waals surface area contributed by atoms with Crippen LogP contribution in [0, 0.1) is 0 Å². The molecule has 0 fully saturated rings. The van der Waals surface area contributed by atoms with Crippen LogP contribution >= 0.6 is 0 Å². The molecule has 0 heteroatoms. The summed E-state index contributed by atoms with van der Waals surface area (Å²) in [5.41, 5.74) is 7.02. The molecule has 0 aromatic heterocycles. The van der Waals surface area contributed by atoms with Gasteiger partial charge >= 0.3 is 0 Å². The zero-order valence-corrected chi connectivity index (χ0v) is 65.8. The van der Waals surface area contributed by atoms with Gasteiger partial charge in [-0.3, -0.25) is 0 Å². The van der Waals surface area contributed by atoms with E-state index in [1.165, 1.54) is 533 Å². The lowest BCUT2D eigenvalue weighted by molar-refractivity contribution is 0.515. The minimum atomic E-state index is 1.26. The minimum Gasteiger partial charge on any atom is -0.0654 e. The van der Waals surface area contributed by atoms with Crippen LogP contribution in [0.5, 0.6) is 0 Å². The standard InChI is InChI=1S/C93H180/c1-5-9-12-15-18-21-24-27-30-33-36-39-42-45-48-51-54-57-60-63-66-69-72-75-78-81-85-91-88-90(84-8-4)89-92(86-82-79-76-73-70-67-64-61-58-55-52-49-46-43-40-37-34-31-28-25-22-19-16-13-10-6-2)93(91)87-83-80-77-74-71-68-65-62-59-56-53-50-47-44-41-38-35-32-29-26-23-20-17-14-11-7-3/h88-89H,5-87H2,1-4H3. The highest BCUT2D eigenvalue weighted by Crippen LogP contribution is 2.28. The molecule has 0 bridgehead atoms. The van der Waals surface area contributed by atoms with Crippen LogP contribution in [0.25, 0.3) is 0 Å². The average molecular weight is 1300 g/mol. The van der Waals surface area contributed by atoms with Crippen LogP contribution in [-0.4, -0.2) is 0 Å². The number of hydrogen-bond acceptors (Lipinski definition) is 0. The van der Waals surface area contributed by atoms with Crippen molar-refractivity contribution in [3.8, 4) is 0 Å². The Labute approximate surface area is 591 Å². The predicted molar refractivity (Wildman–Crippen MR) is 429 cm³/mol. The molecule has 0 aliphatic carbocycles. The Morgan fingerprint density at radius 1 is 0.129 bits per heavy atom. The van der Waals surface area contributed by atoms with Crippen LogP contribution in [0.3, 0.4) is 0 Å². The van der Waals surface area contributed by atoms with Gasteiger partial charge in [0.05, 0.1) is 0 Å². The second kappa shape index (κ2) is 80.2. The molecule has 0 nitrogen and oxygen atoms in total. The van der Waals surface area contributed by atoms with Gasteiger partial charge in [0.15, 0.2) is 0 Å². The van der Waals surface area contributed by atoms with E-state index in [9.17, 15) is 0 Å². The van der Waals surface area contributed by atoms with Gasteiger partial charge in [0, 0.05) is 0 Å². The van der Waals surface area contributed by atoms with Crippen LogP contribution in [-0.2, 0) is 25.7 Å². The summed E-state index contributed by atoms with van der Waals surface area (Å²) in [5, 5.41) is 0. The molecule has 0 saturated heterocycles. The van der Waals surface area contributed by atoms with Crippen LogP contribution in [0.4, 0.5) is 0 Å². The van der Waals surface area contributed by atoms with Gasteiger partial charge in [-0.05, 0) is 67.2 Å². The van der Waals surface area contributed by atoms with Crippen molar-refractivity contribution in [2.45, 2.75) is 561 Å². The zero-order chi connectivity index (χ0) is 66.4. The zero-order valence-electron chi connectivity index (χ0n) is 65.8. The van der Waals surface area contributed by atoms with E-state index in [1.54, 1.807) is 16.7 Å². The molecule has 0 amide bonds. The molecule has 0 heterocycles. The molecule has 93 heavy (non-hydrogen) atoms. The highest BCUT2D eigenvalue weighted by molar-refractivity contribution is 5.40. The molecule has 0 radical (unpaired) electrons. The van der Waals surface area contributed by atoms with Gasteiger partial charge in [-0.15, -0.1) is 0 Å². The van der Waals surface area contributed by atoms with Crippen LogP contribution in [0.2, 0.25) is 0 Å². The maximum atomic E-state index is 2.71. The molecule has 0 saturated carbocycles. The van der Waals surface area contributed by atoms with E-state index in [-0.39, 0.29) is 0 Å². The summed E-state index contributed by atoms with van der Waals surface area (Å²) in [7, 11) is 0. The molecule has 0 N–H and O–H groups in total. The predicted octanol–water partition coefficient (Wildman–Crippen LogP) is 34.8. The minimum absolute atomic E-state index is 1.26. The van der Waals surface area contributed by atoms with E-state index in [0.717, 1.165) is 0 Å². The van der Waals surface area contributed by atoms with Gasteiger partial charge in [-0.1, -0.05) is 528 Å². The maximum absolute atomic E-state index is 2.71. The first-order valence-corrected chi connectivity index (χ1v) is 45.4. The lowest BCUT2D eigenvalue weighted by atomic mass is 9.87. The molecule has 1 rings (SSSR count). The third-order valence-corrected chi connectivity index (χ3v) is 22.4. The molecule has 0 aliphatic rings. The van der Waals surface area contributed by atoms with Crippen LogP contribution in [0.1, 0.15) is 557 Å². The first-order valence-electron chi connectivity index (χ1n) is 45.4. The van der Waals surface area contributed by atoms with Crippen molar-refractivity contribution >= 4 is 0 Å². The number of hydrogen-bond donors (Lipinski definition) is 0. The molecular formula is C93H180. The van der Waals surface area contributed by atoms with E-state index in [1.807, 2.05) is 5.56 Å². The average Bonchev–Trinajstić information content (AvgIpc) is 1.05. The van der Waals surface area contributed by atoms with Crippen molar-refractivity contribution in [3.05, 3.63) is 34.4 Å². The van der Waals surface area contributed by atoms with Crippen molar-refractivity contribution in [1.29, 1.82) is 0 Å². The molecular weight excluding hydrogens is 1120 g/mol. The fraction of sp³-hybridized carbons (Fsp3) is 0.935. The molecule has 0 spiro atoms. The smallest absolute Gasteiger partial charge is 0.0273 e. The third-order valence-electron chi connectivity index (χ3n) is 22.4. The topological polar surface area (TPSA) is 0 Å². The van der Waals surface area contributed by atoms with Gasteiger partial charge in [0.1, 0.15) is 0 Å². The molecule has 552 valence electrons. The van der Waals surface area contributed by atoms with E-state index in [2.05, 4.69) is 39.8 Å². The summed E-state index contributed by atoms with van der Waals surface area (Å²) in [4.78, 5) is 0. The van der Waals surface area contributed by atoms with Gasteiger partial charge in [-0.2, -0.15) is 0 Å². The monoisotopic (exact) mass is 1300 g/mol. The second-order valence-corrected chi connectivity index (χ2v) is 31.9. The van der Waals surface area contributed by atoms with Gasteiger partial charge in [0.2, 0.25) is 0 Å². The van der Waals surface area contributed by atoms with Crippen molar-refractivity contribution in [2.24, 2.45) is 0 Å². The van der Waals surface area contributed by atoms with Gasteiger partial charge < -0.3 is 0 Å². The first kappa shape index (κ1) is 90.2. The summed E-state index contributed by atoms with van der Waals surface area (Å²) in [6, 6.07) is 5.42. The van der Waals surface area contributed by atoms with E-state index < -0.39 is 0 Å². The molecule has 0 aliphatic heterocycles. The quantitative estimate of drug-likeness (QED) is 0.0570. The molecule has 0 atom stereocenters. The lowest BCUT2D eigenvalue weighted by Gasteiger charge is -2.18. The Kier molecular flexibility index (Phi) is 77.8. The van der Waals surface area contributed by atoms with Gasteiger partial charge in [-0.25, -0.2) is 0 Å². The summed E-state index contributed by atoms with van der Waals surface area (Å²) in [6.07, 6.45) is 121. The van der Waals surface area contributed by atoms with Gasteiger partial charge in [0.25, 0.3) is 0 Å². The number of rotatable bonds is 83. The number of aryl methyl sites for hydroxylation is 3. The third kappa shape index (κ3) is 69.5. The number of unbranched alkanes of at least 4 members (excludes halogenated alkanes) is 75. The highest BCUT2D eigenvalue weighted by atomic mass is 14.2.